The topological polar surface area (TPSA) is 68.8 Å². The van der Waals surface area contributed by atoms with Gasteiger partial charge in [-0.25, -0.2) is 4.98 Å². The smallest absolute Gasteiger partial charge is 0.138 e. The molecule has 20 heavy (non-hydrogen) atoms. The molecule has 2 rings (SSSR count). The molecular formula is C15H23N5. The van der Waals surface area contributed by atoms with Crippen LogP contribution < -0.4 is 11.3 Å². The van der Waals surface area contributed by atoms with E-state index in [0.717, 1.165) is 5.82 Å². The van der Waals surface area contributed by atoms with Crippen molar-refractivity contribution >= 4 is 0 Å². The van der Waals surface area contributed by atoms with Gasteiger partial charge in [-0.2, -0.15) is 5.10 Å². The third kappa shape index (κ3) is 3.05. The van der Waals surface area contributed by atoms with Crippen molar-refractivity contribution in [1.82, 2.24) is 20.2 Å². The summed E-state index contributed by atoms with van der Waals surface area (Å²) in [6.45, 7) is 6.63. The van der Waals surface area contributed by atoms with Gasteiger partial charge in [0.2, 0.25) is 0 Å². The molecule has 0 bridgehead atoms. The first-order valence-electron chi connectivity index (χ1n) is 6.82. The number of nitrogens with zero attached hydrogens (tertiary/aromatic N) is 3. The first-order chi connectivity index (χ1) is 9.43. The van der Waals surface area contributed by atoms with Gasteiger partial charge in [0.1, 0.15) is 12.2 Å². The second-order valence-electron chi connectivity index (χ2n) is 6.06. The molecule has 1 unspecified atom stereocenters. The second-order valence-corrected chi connectivity index (χ2v) is 6.06. The Balaban J connectivity index is 2.35. The van der Waals surface area contributed by atoms with Crippen molar-refractivity contribution in [1.29, 1.82) is 0 Å². The Morgan fingerprint density at radius 3 is 2.55 bits per heavy atom. The molecule has 0 aliphatic heterocycles. The molecule has 2 aromatic rings. The van der Waals surface area contributed by atoms with Gasteiger partial charge < -0.3 is 0 Å². The van der Waals surface area contributed by atoms with Crippen molar-refractivity contribution in [2.24, 2.45) is 12.9 Å². The number of hydrazine groups is 1. The molecular weight excluding hydrogens is 250 g/mol. The van der Waals surface area contributed by atoms with Crippen LogP contribution in [0.5, 0.6) is 0 Å². The Morgan fingerprint density at radius 2 is 2.00 bits per heavy atom. The first-order valence-corrected chi connectivity index (χ1v) is 6.82. The molecule has 0 fully saturated rings. The summed E-state index contributed by atoms with van der Waals surface area (Å²) in [5.74, 6) is 6.69. The maximum absolute atomic E-state index is 5.78. The van der Waals surface area contributed by atoms with Gasteiger partial charge in [0.15, 0.2) is 0 Å². The lowest BCUT2D eigenvalue weighted by Crippen LogP contribution is -2.32. The number of aromatic nitrogens is 3. The molecule has 0 amide bonds. The average molecular weight is 273 g/mol. The summed E-state index contributed by atoms with van der Waals surface area (Å²) in [5.41, 5.74) is 5.50. The number of nitrogens with one attached hydrogen (secondary N) is 1. The SMILES string of the molecule is Cn1ncnc1CC(NN)c1ccccc1C(C)(C)C. The Morgan fingerprint density at radius 1 is 1.30 bits per heavy atom. The number of hydrogen-bond acceptors (Lipinski definition) is 4. The fourth-order valence-electron chi connectivity index (χ4n) is 2.43. The van der Waals surface area contributed by atoms with Gasteiger partial charge in [0.05, 0.1) is 6.04 Å². The van der Waals surface area contributed by atoms with Gasteiger partial charge >= 0.3 is 0 Å². The summed E-state index contributed by atoms with van der Waals surface area (Å²) in [7, 11) is 1.89. The van der Waals surface area contributed by atoms with Crippen molar-refractivity contribution in [2.45, 2.75) is 38.6 Å². The molecule has 1 aromatic carbocycles. The Kier molecular flexibility index (Phi) is 4.20. The molecule has 0 radical (unpaired) electrons. The molecule has 0 spiro atoms. The van der Waals surface area contributed by atoms with Crippen LogP contribution in [0.1, 0.15) is 43.8 Å². The Labute approximate surface area is 120 Å². The van der Waals surface area contributed by atoms with E-state index in [2.05, 4.69) is 54.5 Å². The van der Waals surface area contributed by atoms with E-state index >= 15 is 0 Å². The molecule has 5 nitrogen and oxygen atoms in total. The summed E-state index contributed by atoms with van der Waals surface area (Å²) < 4.78 is 1.78. The standard InChI is InChI=1S/C15H23N5/c1-15(2,3)12-8-6-5-7-11(12)13(19-16)9-14-17-10-18-20(14)4/h5-8,10,13,19H,9,16H2,1-4H3. The fourth-order valence-corrected chi connectivity index (χ4v) is 2.43. The van der Waals surface area contributed by atoms with Crippen molar-refractivity contribution in [2.75, 3.05) is 0 Å². The summed E-state index contributed by atoms with van der Waals surface area (Å²) in [4.78, 5) is 4.28. The zero-order chi connectivity index (χ0) is 14.8. The molecule has 1 atom stereocenters. The van der Waals surface area contributed by atoms with Crippen LogP contribution in [0.15, 0.2) is 30.6 Å². The van der Waals surface area contributed by atoms with Crippen molar-refractivity contribution < 1.29 is 0 Å². The van der Waals surface area contributed by atoms with E-state index in [4.69, 9.17) is 5.84 Å². The monoisotopic (exact) mass is 273 g/mol. The quantitative estimate of drug-likeness (QED) is 0.659. The molecule has 1 heterocycles. The molecule has 3 N–H and O–H groups in total. The summed E-state index contributed by atoms with van der Waals surface area (Å²) in [5, 5.41) is 4.11. The van der Waals surface area contributed by atoms with Gasteiger partial charge in [-0.1, -0.05) is 45.0 Å². The highest BCUT2D eigenvalue weighted by Gasteiger charge is 2.23. The predicted octanol–water partition coefficient (Wildman–Crippen LogP) is 1.86. The minimum Gasteiger partial charge on any atom is -0.271 e. The highest BCUT2D eigenvalue weighted by atomic mass is 15.3. The lowest BCUT2D eigenvalue weighted by molar-refractivity contribution is 0.500. The average Bonchev–Trinajstić information content (AvgIpc) is 2.80. The highest BCUT2D eigenvalue weighted by molar-refractivity contribution is 5.35. The van der Waals surface area contributed by atoms with Gasteiger partial charge in [-0.05, 0) is 16.5 Å². The van der Waals surface area contributed by atoms with E-state index in [1.165, 1.54) is 11.1 Å². The molecule has 0 aliphatic carbocycles. The second kappa shape index (κ2) is 5.73. The van der Waals surface area contributed by atoms with Crippen LogP contribution >= 0.6 is 0 Å². The molecule has 0 saturated carbocycles. The van der Waals surface area contributed by atoms with Gasteiger partial charge in [0, 0.05) is 13.5 Å². The van der Waals surface area contributed by atoms with Crippen molar-refractivity contribution in [3.05, 3.63) is 47.5 Å². The molecule has 5 heteroatoms. The fraction of sp³-hybridized carbons (Fsp3) is 0.467. The summed E-state index contributed by atoms with van der Waals surface area (Å²) in [6, 6.07) is 8.43. The van der Waals surface area contributed by atoms with Crippen LogP contribution in [0.4, 0.5) is 0 Å². The number of aryl methyl sites for hydroxylation is 1. The van der Waals surface area contributed by atoms with E-state index in [9.17, 15) is 0 Å². The summed E-state index contributed by atoms with van der Waals surface area (Å²) >= 11 is 0. The van der Waals surface area contributed by atoms with Crippen LogP contribution in [-0.4, -0.2) is 14.8 Å². The van der Waals surface area contributed by atoms with Gasteiger partial charge in [-0.3, -0.25) is 16.0 Å². The van der Waals surface area contributed by atoms with E-state index in [1.54, 1.807) is 11.0 Å². The maximum Gasteiger partial charge on any atom is 0.138 e. The van der Waals surface area contributed by atoms with Gasteiger partial charge in [-0.15, -0.1) is 0 Å². The number of nitrogens with two attached hydrogens (primary N) is 1. The van der Waals surface area contributed by atoms with Crippen LogP contribution in [0, 0.1) is 0 Å². The maximum atomic E-state index is 5.78. The van der Waals surface area contributed by atoms with Gasteiger partial charge in [0.25, 0.3) is 0 Å². The zero-order valence-corrected chi connectivity index (χ0v) is 12.6. The summed E-state index contributed by atoms with van der Waals surface area (Å²) in [6.07, 6.45) is 2.28. The zero-order valence-electron chi connectivity index (χ0n) is 12.6. The number of benzene rings is 1. The lowest BCUT2D eigenvalue weighted by Gasteiger charge is -2.27. The lowest BCUT2D eigenvalue weighted by atomic mass is 9.81. The first kappa shape index (κ1) is 14.7. The van der Waals surface area contributed by atoms with Crippen LogP contribution in [0.25, 0.3) is 0 Å². The van der Waals surface area contributed by atoms with Crippen LogP contribution in [0.3, 0.4) is 0 Å². The van der Waals surface area contributed by atoms with E-state index < -0.39 is 0 Å². The highest BCUT2D eigenvalue weighted by Crippen LogP contribution is 2.30. The van der Waals surface area contributed by atoms with Crippen LogP contribution in [0.2, 0.25) is 0 Å². The Bertz CT molecular complexity index is 568. The molecule has 1 aromatic heterocycles. The minimum atomic E-state index is 0.0216. The minimum absolute atomic E-state index is 0.0216. The van der Waals surface area contributed by atoms with Crippen LogP contribution in [-0.2, 0) is 18.9 Å². The third-order valence-electron chi connectivity index (χ3n) is 3.54. The molecule has 108 valence electrons. The van der Waals surface area contributed by atoms with Crippen molar-refractivity contribution in [3.63, 3.8) is 0 Å². The Hall–Kier alpha value is -1.72. The largest absolute Gasteiger partial charge is 0.271 e. The number of rotatable bonds is 4. The van der Waals surface area contributed by atoms with E-state index in [1.807, 2.05) is 13.1 Å². The number of hydrogen-bond donors (Lipinski definition) is 2. The van der Waals surface area contributed by atoms with Crippen molar-refractivity contribution in [3.8, 4) is 0 Å². The van der Waals surface area contributed by atoms with E-state index in [-0.39, 0.29) is 11.5 Å². The molecule has 0 saturated heterocycles. The molecule has 0 aliphatic rings. The van der Waals surface area contributed by atoms with E-state index in [0.29, 0.717) is 6.42 Å². The third-order valence-corrected chi connectivity index (χ3v) is 3.54. The predicted molar refractivity (Wildman–Crippen MR) is 79.9 cm³/mol. The normalized spacial score (nSPS) is 13.4.